The van der Waals surface area contributed by atoms with Crippen LogP contribution >= 0.6 is 0 Å². The number of unbranched alkanes of at least 4 members (excludes halogenated alkanes) is 1. The Morgan fingerprint density at radius 3 is 2.50 bits per heavy atom. The molecule has 0 bridgehead atoms. The highest BCUT2D eigenvalue weighted by molar-refractivity contribution is 5.89. The molecule has 0 aliphatic heterocycles. The number of carbonyl (C=O) groups is 2. The fraction of sp³-hybridized carbons (Fsp3) is 0.429. The quantitative estimate of drug-likeness (QED) is 0.424. The zero-order valence-corrected chi connectivity index (χ0v) is 10.7. The van der Waals surface area contributed by atoms with E-state index in [1.165, 1.54) is 0 Å². The van der Waals surface area contributed by atoms with Gasteiger partial charge in [-0.25, -0.2) is 4.79 Å². The van der Waals surface area contributed by atoms with E-state index in [4.69, 9.17) is 9.47 Å². The summed E-state index contributed by atoms with van der Waals surface area (Å²) >= 11 is 0. The maximum atomic E-state index is 11.6. The van der Waals surface area contributed by atoms with Gasteiger partial charge in [-0.05, 0) is 44.5 Å². The van der Waals surface area contributed by atoms with E-state index in [1.54, 1.807) is 24.3 Å². The van der Waals surface area contributed by atoms with Crippen molar-refractivity contribution < 1.29 is 19.1 Å². The maximum absolute atomic E-state index is 11.6. The van der Waals surface area contributed by atoms with Gasteiger partial charge in [0, 0.05) is 6.42 Å². The summed E-state index contributed by atoms with van der Waals surface area (Å²) in [5.74, 6) is 0.347. The molecule has 0 heterocycles. The molecule has 18 heavy (non-hydrogen) atoms. The van der Waals surface area contributed by atoms with E-state index in [0.29, 0.717) is 18.4 Å². The highest BCUT2D eigenvalue weighted by atomic mass is 16.5. The van der Waals surface area contributed by atoms with Gasteiger partial charge in [0.1, 0.15) is 12.0 Å². The minimum absolute atomic E-state index is 0.103. The summed E-state index contributed by atoms with van der Waals surface area (Å²) in [5.41, 5.74) is 0.484. The number of carbonyl (C=O) groups excluding carboxylic acids is 2. The molecular formula is C14H18O4. The molecule has 0 atom stereocenters. The summed E-state index contributed by atoms with van der Waals surface area (Å²) < 4.78 is 10.5. The smallest absolute Gasteiger partial charge is 0.338 e. The lowest BCUT2D eigenvalue weighted by Gasteiger charge is -2.09. The first-order valence-electron chi connectivity index (χ1n) is 6.01. The third-order valence-corrected chi connectivity index (χ3v) is 2.16. The Kier molecular flexibility index (Phi) is 5.91. The lowest BCUT2D eigenvalue weighted by molar-refractivity contribution is -0.108. The minimum Gasteiger partial charge on any atom is -0.491 e. The Labute approximate surface area is 107 Å². The molecular weight excluding hydrogens is 232 g/mol. The predicted octanol–water partition coefficient (Wildman–Crippen LogP) is 2.61. The van der Waals surface area contributed by atoms with Crippen molar-refractivity contribution in [2.45, 2.75) is 32.8 Å². The van der Waals surface area contributed by atoms with Gasteiger partial charge in [-0.15, -0.1) is 0 Å². The second-order valence-electron chi connectivity index (χ2n) is 4.14. The predicted molar refractivity (Wildman–Crippen MR) is 67.8 cm³/mol. The SMILES string of the molecule is CC(C)Oc1ccc(C(=O)OCCCC=O)cc1. The highest BCUT2D eigenvalue weighted by Crippen LogP contribution is 2.14. The normalized spacial score (nSPS) is 10.2. The standard InChI is InChI=1S/C14H18O4/c1-11(2)18-13-7-5-12(6-8-13)14(16)17-10-4-3-9-15/h5-9,11H,3-4,10H2,1-2H3. The molecule has 0 radical (unpaired) electrons. The Balaban J connectivity index is 2.46. The molecule has 0 fully saturated rings. The zero-order valence-electron chi connectivity index (χ0n) is 10.7. The largest absolute Gasteiger partial charge is 0.491 e. The lowest BCUT2D eigenvalue weighted by atomic mass is 10.2. The van der Waals surface area contributed by atoms with E-state index in [-0.39, 0.29) is 18.7 Å². The van der Waals surface area contributed by atoms with Crippen LogP contribution in [-0.4, -0.2) is 25.0 Å². The van der Waals surface area contributed by atoms with E-state index in [2.05, 4.69) is 0 Å². The number of rotatable bonds is 7. The van der Waals surface area contributed by atoms with Crippen LogP contribution in [0.15, 0.2) is 24.3 Å². The number of benzene rings is 1. The molecule has 0 spiro atoms. The van der Waals surface area contributed by atoms with E-state index in [0.717, 1.165) is 12.0 Å². The van der Waals surface area contributed by atoms with Crippen molar-refractivity contribution in [1.29, 1.82) is 0 Å². The minimum atomic E-state index is -0.378. The topological polar surface area (TPSA) is 52.6 Å². The molecule has 4 nitrogen and oxygen atoms in total. The van der Waals surface area contributed by atoms with Gasteiger partial charge in [0.2, 0.25) is 0 Å². The summed E-state index contributed by atoms with van der Waals surface area (Å²) in [4.78, 5) is 21.7. The van der Waals surface area contributed by atoms with Crippen molar-refractivity contribution in [3.63, 3.8) is 0 Å². The summed E-state index contributed by atoms with van der Waals surface area (Å²) in [7, 11) is 0. The molecule has 0 amide bonds. The molecule has 1 aromatic rings. The average Bonchev–Trinajstić information content (AvgIpc) is 2.34. The molecule has 0 aliphatic rings. The molecule has 0 unspecified atom stereocenters. The maximum Gasteiger partial charge on any atom is 0.338 e. The van der Waals surface area contributed by atoms with Gasteiger partial charge in [-0.3, -0.25) is 0 Å². The molecule has 0 aliphatic carbocycles. The Bertz CT molecular complexity index is 381. The first-order chi connectivity index (χ1) is 8.63. The van der Waals surface area contributed by atoms with Crippen LogP contribution in [-0.2, 0) is 9.53 Å². The third-order valence-electron chi connectivity index (χ3n) is 2.16. The first kappa shape index (κ1) is 14.2. The van der Waals surface area contributed by atoms with Crippen LogP contribution < -0.4 is 4.74 Å². The molecule has 1 aromatic carbocycles. The van der Waals surface area contributed by atoms with Crippen molar-refractivity contribution in [1.82, 2.24) is 0 Å². The lowest BCUT2D eigenvalue weighted by Crippen LogP contribution is -2.08. The van der Waals surface area contributed by atoms with E-state index in [9.17, 15) is 9.59 Å². The van der Waals surface area contributed by atoms with Gasteiger partial charge < -0.3 is 14.3 Å². The summed E-state index contributed by atoms with van der Waals surface area (Å²) in [6.45, 7) is 4.15. The molecule has 98 valence electrons. The van der Waals surface area contributed by atoms with Gasteiger partial charge in [-0.1, -0.05) is 0 Å². The third kappa shape index (κ3) is 4.99. The molecule has 0 saturated carbocycles. The second kappa shape index (κ2) is 7.48. The van der Waals surface area contributed by atoms with Gasteiger partial charge in [0.15, 0.2) is 0 Å². The number of esters is 1. The van der Waals surface area contributed by atoms with Gasteiger partial charge in [0.05, 0.1) is 18.3 Å². The van der Waals surface area contributed by atoms with Gasteiger partial charge >= 0.3 is 5.97 Å². The van der Waals surface area contributed by atoms with Crippen LogP contribution in [0, 0.1) is 0 Å². The van der Waals surface area contributed by atoms with Crippen molar-refractivity contribution in [2.75, 3.05) is 6.61 Å². The number of hydrogen-bond donors (Lipinski definition) is 0. The Morgan fingerprint density at radius 2 is 1.94 bits per heavy atom. The number of ether oxygens (including phenoxy) is 2. The summed E-state index contributed by atoms with van der Waals surface area (Å²) in [6, 6.07) is 6.81. The number of hydrogen-bond acceptors (Lipinski definition) is 4. The van der Waals surface area contributed by atoms with E-state index < -0.39 is 0 Å². The zero-order chi connectivity index (χ0) is 13.4. The van der Waals surface area contributed by atoms with Crippen LogP contribution in [0.4, 0.5) is 0 Å². The first-order valence-corrected chi connectivity index (χ1v) is 6.01. The van der Waals surface area contributed by atoms with Crippen molar-refractivity contribution in [3.05, 3.63) is 29.8 Å². The molecule has 0 N–H and O–H groups in total. The van der Waals surface area contributed by atoms with Crippen molar-refractivity contribution in [3.8, 4) is 5.75 Å². The molecule has 4 heteroatoms. The van der Waals surface area contributed by atoms with Gasteiger partial charge in [0.25, 0.3) is 0 Å². The van der Waals surface area contributed by atoms with Crippen LogP contribution in [0.25, 0.3) is 0 Å². The Hall–Kier alpha value is -1.84. The summed E-state index contributed by atoms with van der Waals surface area (Å²) in [6.07, 6.45) is 1.88. The summed E-state index contributed by atoms with van der Waals surface area (Å²) in [5, 5.41) is 0. The highest BCUT2D eigenvalue weighted by Gasteiger charge is 2.07. The van der Waals surface area contributed by atoms with Crippen molar-refractivity contribution >= 4 is 12.3 Å². The monoisotopic (exact) mass is 250 g/mol. The second-order valence-corrected chi connectivity index (χ2v) is 4.14. The number of aldehydes is 1. The van der Waals surface area contributed by atoms with Crippen LogP contribution in [0.1, 0.15) is 37.0 Å². The van der Waals surface area contributed by atoms with Crippen LogP contribution in [0.5, 0.6) is 5.75 Å². The van der Waals surface area contributed by atoms with Crippen LogP contribution in [0.2, 0.25) is 0 Å². The molecule has 0 saturated heterocycles. The fourth-order valence-electron chi connectivity index (χ4n) is 1.36. The van der Waals surface area contributed by atoms with E-state index in [1.807, 2.05) is 13.8 Å². The Morgan fingerprint density at radius 1 is 1.28 bits per heavy atom. The van der Waals surface area contributed by atoms with Crippen molar-refractivity contribution in [2.24, 2.45) is 0 Å². The fourth-order valence-corrected chi connectivity index (χ4v) is 1.36. The molecule has 0 aromatic heterocycles. The van der Waals surface area contributed by atoms with Gasteiger partial charge in [-0.2, -0.15) is 0 Å². The average molecular weight is 250 g/mol. The molecule has 1 rings (SSSR count). The van der Waals surface area contributed by atoms with Crippen LogP contribution in [0.3, 0.4) is 0 Å². The van der Waals surface area contributed by atoms with E-state index >= 15 is 0 Å².